The monoisotopic (exact) mass is 298 g/mol. The third kappa shape index (κ3) is 2.91. The van der Waals surface area contributed by atoms with Crippen molar-refractivity contribution in [2.45, 2.75) is 13.5 Å². The number of aromatic amines is 1. The predicted molar refractivity (Wildman–Crippen MR) is 88.0 cm³/mol. The molecule has 0 saturated carbocycles. The van der Waals surface area contributed by atoms with Crippen molar-refractivity contribution < 1.29 is 4.79 Å². The maximum Gasteiger partial charge on any atom is 0.178 e. The summed E-state index contributed by atoms with van der Waals surface area (Å²) in [5.74, 6) is 0.157. The molecule has 0 bridgehead atoms. The van der Waals surface area contributed by atoms with Gasteiger partial charge < -0.3 is 4.98 Å². The zero-order valence-corrected chi connectivity index (χ0v) is 13.0. The zero-order chi connectivity index (χ0) is 14.8. The number of ketones is 1. The summed E-state index contributed by atoms with van der Waals surface area (Å²) in [7, 11) is 1.99. The van der Waals surface area contributed by atoms with Crippen LogP contribution in [0.15, 0.2) is 41.9 Å². The van der Waals surface area contributed by atoms with Gasteiger partial charge in [-0.3, -0.25) is 9.69 Å². The Morgan fingerprint density at radius 3 is 2.86 bits per heavy atom. The van der Waals surface area contributed by atoms with Crippen LogP contribution in [0.4, 0.5) is 0 Å². The van der Waals surface area contributed by atoms with Crippen LogP contribution in [0.3, 0.4) is 0 Å². The first-order chi connectivity index (χ1) is 10.1. The van der Waals surface area contributed by atoms with E-state index >= 15 is 0 Å². The van der Waals surface area contributed by atoms with Gasteiger partial charge in [-0.15, -0.1) is 11.3 Å². The van der Waals surface area contributed by atoms with Crippen molar-refractivity contribution in [1.82, 2.24) is 9.88 Å². The second-order valence-electron chi connectivity index (χ2n) is 5.37. The number of likely N-dealkylation sites (N-methyl/N-ethyl adjacent to an activating group) is 1. The molecule has 0 aliphatic heterocycles. The number of aromatic nitrogens is 1. The lowest BCUT2D eigenvalue weighted by Gasteiger charge is -2.15. The van der Waals surface area contributed by atoms with Crippen molar-refractivity contribution in [2.75, 3.05) is 13.6 Å². The minimum absolute atomic E-state index is 0.157. The highest BCUT2D eigenvalue weighted by molar-refractivity contribution is 7.10. The number of para-hydroxylation sites is 1. The predicted octanol–water partition coefficient (Wildman–Crippen LogP) is 3.85. The van der Waals surface area contributed by atoms with Gasteiger partial charge in [0.25, 0.3) is 0 Å². The van der Waals surface area contributed by atoms with Crippen LogP contribution in [-0.2, 0) is 6.54 Å². The van der Waals surface area contributed by atoms with Gasteiger partial charge in [0.1, 0.15) is 0 Å². The van der Waals surface area contributed by atoms with Crippen molar-refractivity contribution in [2.24, 2.45) is 0 Å². The number of hydrogen-bond acceptors (Lipinski definition) is 3. The Morgan fingerprint density at radius 1 is 1.29 bits per heavy atom. The number of aryl methyl sites for hydroxylation is 1. The summed E-state index contributed by atoms with van der Waals surface area (Å²) in [6, 6.07) is 10.0. The highest BCUT2D eigenvalue weighted by atomic mass is 32.1. The Bertz CT molecular complexity index is 772. The fraction of sp³-hybridized carbons (Fsp3) is 0.235. The molecule has 4 heteroatoms. The SMILES string of the molecule is Cc1ccsc1CN(C)CC(=O)c1c[nH]c2ccccc12. The number of hydrogen-bond donors (Lipinski definition) is 1. The van der Waals surface area contributed by atoms with E-state index < -0.39 is 0 Å². The van der Waals surface area contributed by atoms with Crippen LogP contribution >= 0.6 is 11.3 Å². The van der Waals surface area contributed by atoms with Crippen LogP contribution in [0, 0.1) is 6.92 Å². The van der Waals surface area contributed by atoms with E-state index in [2.05, 4.69) is 28.3 Å². The topological polar surface area (TPSA) is 36.1 Å². The Balaban J connectivity index is 1.73. The molecule has 2 heterocycles. The van der Waals surface area contributed by atoms with E-state index in [1.807, 2.05) is 37.5 Å². The zero-order valence-electron chi connectivity index (χ0n) is 12.2. The Hall–Kier alpha value is -1.91. The van der Waals surface area contributed by atoms with Gasteiger partial charge in [0.05, 0.1) is 6.54 Å². The molecule has 0 unspecified atom stereocenters. The molecular weight excluding hydrogens is 280 g/mol. The van der Waals surface area contributed by atoms with Crippen molar-refractivity contribution in [3.8, 4) is 0 Å². The number of rotatable bonds is 5. The van der Waals surface area contributed by atoms with Gasteiger partial charge in [-0.25, -0.2) is 0 Å². The second-order valence-corrected chi connectivity index (χ2v) is 6.37. The molecule has 0 fully saturated rings. The number of thiophene rings is 1. The first-order valence-electron chi connectivity index (χ1n) is 6.96. The molecule has 0 amide bonds. The normalized spacial score (nSPS) is 11.4. The molecule has 0 aliphatic carbocycles. The van der Waals surface area contributed by atoms with Crippen molar-refractivity contribution in [3.63, 3.8) is 0 Å². The first kappa shape index (κ1) is 14.0. The van der Waals surface area contributed by atoms with Gasteiger partial charge in [0.15, 0.2) is 5.78 Å². The Labute approximate surface area is 128 Å². The summed E-state index contributed by atoms with van der Waals surface area (Å²) in [6.07, 6.45) is 1.82. The van der Waals surface area contributed by atoms with E-state index in [9.17, 15) is 4.79 Å². The number of carbonyl (C=O) groups is 1. The third-order valence-electron chi connectivity index (χ3n) is 3.68. The van der Waals surface area contributed by atoms with Crippen LogP contribution in [-0.4, -0.2) is 29.3 Å². The molecule has 0 saturated heterocycles. The summed E-state index contributed by atoms with van der Waals surface area (Å²) < 4.78 is 0. The molecule has 1 aromatic carbocycles. The quantitative estimate of drug-likeness (QED) is 0.726. The minimum atomic E-state index is 0.157. The average molecular weight is 298 g/mol. The van der Waals surface area contributed by atoms with Crippen LogP contribution < -0.4 is 0 Å². The van der Waals surface area contributed by atoms with E-state index in [1.165, 1.54) is 10.4 Å². The van der Waals surface area contributed by atoms with Crippen LogP contribution in [0.2, 0.25) is 0 Å². The summed E-state index contributed by atoms with van der Waals surface area (Å²) in [5, 5.41) is 3.10. The van der Waals surface area contributed by atoms with Gasteiger partial charge in [-0.1, -0.05) is 18.2 Å². The summed E-state index contributed by atoms with van der Waals surface area (Å²) in [5.41, 5.74) is 3.09. The molecule has 0 aliphatic rings. The largest absolute Gasteiger partial charge is 0.360 e. The Morgan fingerprint density at radius 2 is 2.10 bits per heavy atom. The molecule has 0 spiro atoms. The summed E-state index contributed by atoms with van der Waals surface area (Å²) >= 11 is 1.75. The molecule has 21 heavy (non-hydrogen) atoms. The number of nitrogens with one attached hydrogen (secondary N) is 1. The molecular formula is C17H18N2OS. The van der Waals surface area contributed by atoms with E-state index in [1.54, 1.807) is 11.3 Å². The molecule has 0 atom stereocenters. The van der Waals surface area contributed by atoms with Gasteiger partial charge in [0.2, 0.25) is 0 Å². The average Bonchev–Trinajstić information content (AvgIpc) is 3.05. The highest BCUT2D eigenvalue weighted by Crippen LogP contribution is 2.20. The number of benzene rings is 1. The van der Waals surface area contributed by atoms with E-state index in [-0.39, 0.29) is 5.78 Å². The molecule has 2 aromatic heterocycles. The number of fused-ring (bicyclic) bond motifs is 1. The lowest BCUT2D eigenvalue weighted by Crippen LogP contribution is -2.25. The maximum atomic E-state index is 12.5. The summed E-state index contributed by atoms with van der Waals surface area (Å²) in [6.45, 7) is 3.36. The lowest BCUT2D eigenvalue weighted by molar-refractivity contribution is 0.0945. The number of nitrogens with zero attached hydrogens (tertiary/aromatic N) is 1. The molecule has 3 rings (SSSR count). The number of carbonyl (C=O) groups excluding carboxylic acids is 1. The Kier molecular flexibility index (Phi) is 3.90. The van der Waals surface area contributed by atoms with E-state index in [0.29, 0.717) is 6.54 Å². The number of Topliss-reactive ketones (excluding diaryl/α,β-unsaturated/α-hetero) is 1. The molecule has 108 valence electrons. The molecule has 3 nitrogen and oxygen atoms in total. The van der Waals surface area contributed by atoms with Crippen molar-refractivity contribution >= 4 is 28.0 Å². The first-order valence-corrected chi connectivity index (χ1v) is 7.84. The van der Waals surface area contributed by atoms with Crippen LogP contribution in [0.1, 0.15) is 20.8 Å². The lowest BCUT2D eigenvalue weighted by atomic mass is 10.1. The third-order valence-corrected chi connectivity index (χ3v) is 4.69. The highest BCUT2D eigenvalue weighted by Gasteiger charge is 2.14. The molecule has 3 aromatic rings. The van der Waals surface area contributed by atoms with Crippen LogP contribution in [0.5, 0.6) is 0 Å². The smallest absolute Gasteiger partial charge is 0.178 e. The van der Waals surface area contributed by atoms with Crippen LogP contribution in [0.25, 0.3) is 10.9 Å². The standard InChI is InChI=1S/C17H18N2OS/c1-12-7-8-21-17(12)11-19(2)10-16(20)14-9-18-15-6-4-3-5-13(14)15/h3-9,18H,10-11H2,1-2H3. The fourth-order valence-corrected chi connectivity index (χ4v) is 3.48. The minimum Gasteiger partial charge on any atom is -0.360 e. The van der Waals surface area contributed by atoms with Crippen molar-refractivity contribution in [3.05, 3.63) is 57.9 Å². The van der Waals surface area contributed by atoms with Crippen molar-refractivity contribution in [1.29, 1.82) is 0 Å². The maximum absolute atomic E-state index is 12.5. The second kappa shape index (κ2) is 5.84. The number of H-pyrrole nitrogens is 1. The molecule has 0 radical (unpaired) electrons. The van der Waals surface area contributed by atoms with Gasteiger partial charge >= 0.3 is 0 Å². The van der Waals surface area contributed by atoms with E-state index in [4.69, 9.17) is 0 Å². The van der Waals surface area contributed by atoms with Gasteiger partial charge in [-0.05, 0) is 37.0 Å². The fourth-order valence-electron chi connectivity index (χ4n) is 2.50. The van der Waals surface area contributed by atoms with E-state index in [0.717, 1.165) is 23.0 Å². The van der Waals surface area contributed by atoms with Gasteiger partial charge in [0, 0.05) is 34.1 Å². The molecule has 1 N–H and O–H groups in total. The summed E-state index contributed by atoms with van der Waals surface area (Å²) in [4.78, 5) is 19.0. The van der Waals surface area contributed by atoms with Gasteiger partial charge in [-0.2, -0.15) is 0 Å².